The molecule has 2 aliphatic carbocycles. The summed E-state index contributed by atoms with van der Waals surface area (Å²) in [6.45, 7) is 3.73. The second-order valence-electron chi connectivity index (χ2n) is 6.67. The summed E-state index contributed by atoms with van der Waals surface area (Å²) < 4.78 is 5.25. The molecular formula is C18H22O4. The van der Waals surface area contributed by atoms with Gasteiger partial charge in [-0.2, -0.15) is 0 Å². The first kappa shape index (κ1) is 15.2. The first-order valence-electron chi connectivity index (χ1n) is 7.92. The van der Waals surface area contributed by atoms with Gasteiger partial charge in [-0.05, 0) is 38.7 Å². The molecule has 2 fully saturated rings. The van der Waals surface area contributed by atoms with Crippen molar-refractivity contribution in [3.63, 3.8) is 0 Å². The monoisotopic (exact) mass is 302 g/mol. The van der Waals surface area contributed by atoms with Gasteiger partial charge >= 0.3 is 5.97 Å². The van der Waals surface area contributed by atoms with Gasteiger partial charge in [0.1, 0.15) is 5.41 Å². The number of hydrogen-bond acceptors (Lipinski definition) is 4. The minimum atomic E-state index is -1.12. The van der Waals surface area contributed by atoms with Crippen LogP contribution in [0, 0.1) is 11.3 Å². The van der Waals surface area contributed by atoms with Crippen molar-refractivity contribution in [2.75, 3.05) is 6.61 Å². The van der Waals surface area contributed by atoms with Gasteiger partial charge in [-0.25, -0.2) is 0 Å². The molecule has 4 heteroatoms. The number of Topliss-reactive ketones (excluding diaryl/α,β-unsaturated/α-hetero) is 1. The number of carbonyl (C=O) groups excluding carboxylic acids is 2. The van der Waals surface area contributed by atoms with E-state index in [2.05, 4.69) is 0 Å². The van der Waals surface area contributed by atoms with Gasteiger partial charge in [-0.3, -0.25) is 9.59 Å². The van der Waals surface area contributed by atoms with Gasteiger partial charge in [-0.1, -0.05) is 30.3 Å². The molecule has 22 heavy (non-hydrogen) atoms. The van der Waals surface area contributed by atoms with Crippen molar-refractivity contribution in [2.45, 2.75) is 44.6 Å². The van der Waals surface area contributed by atoms with Crippen LogP contribution in [0.25, 0.3) is 0 Å². The van der Waals surface area contributed by atoms with Crippen LogP contribution < -0.4 is 0 Å². The van der Waals surface area contributed by atoms with Gasteiger partial charge in [0.15, 0.2) is 5.78 Å². The van der Waals surface area contributed by atoms with Crippen molar-refractivity contribution in [3.05, 3.63) is 35.9 Å². The number of carbonyl (C=O) groups is 2. The molecule has 0 heterocycles. The van der Waals surface area contributed by atoms with Crippen LogP contribution in [0.15, 0.2) is 30.3 Å². The summed E-state index contributed by atoms with van der Waals surface area (Å²) in [6.07, 6.45) is 1.42. The third-order valence-electron chi connectivity index (χ3n) is 5.39. The Kier molecular flexibility index (Phi) is 3.60. The Morgan fingerprint density at radius 2 is 2.00 bits per heavy atom. The minimum Gasteiger partial charge on any atom is -0.465 e. The lowest BCUT2D eigenvalue weighted by molar-refractivity contribution is -0.168. The van der Waals surface area contributed by atoms with Gasteiger partial charge < -0.3 is 9.84 Å². The lowest BCUT2D eigenvalue weighted by Crippen LogP contribution is -2.54. The maximum Gasteiger partial charge on any atom is 0.320 e. The highest BCUT2D eigenvalue weighted by atomic mass is 16.5. The number of ether oxygens (including phenoxy) is 1. The molecule has 1 aromatic rings. The van der Waals surface area contributed by atoms with Crippen molar-refractivity contribution in [1.29, 1.82) is 0 Å². The fraction of sp³-hybridized carbons (Fsp3) is 0.556. The van der Waals surface area contributed by atoms with E-state index >= 15 is 0 Å². The van der Waals surface area contributed by atoms with E-state index in [1.807, 2.05) is 30.3 Å². The number of esters is 1. The number of hydrogen-bond donors (Lipinski definition) is 1. The van der Waals surface area contributed by atoms with E-state index in [1.54, 1.807) is 13.8 Å². The Bertz CT molecular complexity index is 592. The summed E-state index contributed by atoms with van der Waals surface area (Å²) >= 11 is 0. The SMILES string of the molecule is CCOC(=O)[C@@]12CCC(C1=O)[C@](C)(O)C[C@@H]2c1ccccc1. The quantitative estimate of drug-likeness (QED) is 0.688. The molecule has 4 nitrogen and oxygen atoms in total. The second kappa shape index (κ2) is 5.20. The normalized spacial score (nSPS) is 37.1. The fourth-order valence-electron chi connectivity index (χ4n) is 4.30. The predicted molar refractivity (Wildman–Crippen MR) is 81.2 cm³/mol. The molecule has 1 aromatic carbocycles. The zero-order valence-corrected chi connectivity index (χ0v) is 13.0. The third kappa shape index (κ3) is 2.01. The zero-order chi connectivity index (χ0) is 16.0. The summed E-state index contributed by atoms with van der Waals surface area (Å²) in [4.78, 5) is 25.6. The highest BCUT2D eigenvalue weighted by Crippen LogP contribution is 2.59. The van der Waals surface area contributed by atoms with Gasteiger partial charge in [0.25, 0.3) is 0 Å². The molecule has 1 unspecified atom stereocenters. The number of benzene rings is 1. The Morgan fingerprint density at radius 1 is 1.32 bits per heavy atom. The van der Waals surface area contributed by atoms with Crippen molar-refractivity contribution in [1.82, 2.24) is 0 Å². The third-order valence-corrected chi connectivity index (χ3v) is 5.39. The van der Waals surface area contributed by atoms with Gasteiger partial charge in [0.2, 0.25) is 0 Å². The molecule has 118 valence electrons. The molecule has 1 N–H and O–H groups in total. The Labute approximate surface area is 130 Å². The largest absolute Gasteiger partial charge is 0.465 e. The molecule has 0 amide bonds. The molecule has 0 saturated heterocycles. The van der Waals surface area contributed by atoms with Crippen molar-refractivity contribution in [3.8, 4) is 0 Å². The molecular weight excluding hydrogens is 280 g/mol. The first-order valence-corrected chi connectivity index (χ1v) is 7.92. The van der Waals surface area contributed by atoms with Crippen LogP contribution in [0.4, 0.5) is 0 Å². The fourth-order valence-corrected chi connectivity index (χ4v) is 4.30. The maximum atomic E-state index is 13.0. The Hall–Kier alpha value is -1.68. The zero-order valence-electron chi connectivity index (χ0n) is 13.0. The Morgan fingerprint density at radius 3 is 2.64 bits per heavy atom. The van der Waals surface area contributed by atoms with Crippen LogP contribution in [0.2, 0.25) is 0 Å². The van der Waals surface area contributed by atoms with E-state index in [1.165, 1.54) is 0 Å². The van der Waals surface area contributed by atoms with Crippen LogP contribution in [0.5, 0.6) is 0 Å². The number of aliphatic hydroxyl groups is 1. The molecule has 0 aliphatic heterocycles. The van der Waals surface area contributed by atoms with Gasteiger partial charge in [0.05, 0.1) is 12.2 Å². The highest BCUT2D eigenvalue weighted by Gasteiger charge is 2.66. The van der Waals surface area contributed by atoms with E-state index < -0.39 is 22.9 Å². The lowest BCUT2D eigenvalue weighted by Gasteiger charge is -2.44. The van der Waals surface area contributed by atoms with E-state index in [0.29, 0.717) is 19.3 Å². The highest BCUT2D eigenvalue weighted by molar-refractivity contribution is 6.08. The lowest BCUT2D eigenvalue weighted by atomic mass is 9.60. The molecule has 2 aliphatic rings. The number of ketones is 1. The number of rotatable bonds is 3. The summed E-state index contributed by atoms with van der Waals surface area (Å²) in [5.74, 6) is -1.35. The second-order valence-corrected chi connectivity index (χ2v) is 6.67. The van der Waals surface area contributed by atoms with E-state index in [9.17, 15) is 14.7 Å². The van der Waals surface area contributed by atoms with Gasteiger partial charge in [0, 0.05) is 11.8 Å². The Balaban J connectivity index is 2.11. The first-order chi connectivity index (χ1) is 10.4. The predicted octanol–water partition coefficient (Wildman–Crippen LogP) is 2.45. The molecule has 0 aromatic heterocycles. The van der Waals surface area contributed by atoms with E-state index in [-0.39, 0.29) is 18.3 Å². The van der Waals surface area contributed by atoms with E-state index in [0.717, 1.165) is 5.56 Å². The van der Waals surface area contributed by atoms with Crippen LogP contribution in [0.1, 0.15) is 44.6 Å². The standard InChI is InChI=1S/C18H22O4/c1-3-22-16(20)18-10-9-13(15(18)19)17(2,21)11-14(18)12-7-5-4-6-8-12/h4-8,13-14,21H,3,9-11H2,1-2H3/t13?,14-,17-,18-/m1/s1. The maximum absolute atomic E-state index is 13.0. The summed E-state index contributed by atoms with van der Waals surface area (Å²) in [5.41, 5.74) is -1.27. The molecule has 0 spiro atoms. The van der Waals surface area contributed by atoms with Crippen LogP contribution in [-0.4, -0.2) is 29.1 Å². The van der Waals surface area contributed by atoms with Crippen molar-refractivity contribution >= 4 is 11.8 Å². The average Bonchev–Trinajstić information content (AvgIpc) is 2.78. The smallest absolute Gasteiger partial charge is 0.320 e. The molecule has 2 bridgehead atoms. The molecule has 4 atom stereocenters. The van der Waals surface area contributed by atoms with Gasteiger partial charge in [-0.15, -0.1) is 0 Å². The molecule has 2 saturated carbocycles. The van der Waals surface area contributed by atoms with E-state index in [4.69, 9.17) is 4.74 Å². The van der Waals surface area contributed by atoms with Crippen molar-refractivity contribution < 1.29 is 19.4 Å². The minimum absolute atomic E-state index is 0.143. The van der Waals surface area contributed by atoms with Crippen molar-refractivity contribution in [2.24, 2.45) is 11.3 Å². The van der Waals surface area contributed by atoms with Crippen LogP contribution in [0.3, 0.4) is 0 Å². The summed E-state index contributed by atoms with van der Waals surface area (Å²) in [6, 6.07) is 9.55. The molecule has 0 radical (unpaired) electrons. The summed E-state index contributed by atoms with van der Waals surface area (Å²) in [5, 5.41) is 10.7. The summed E-state index contributed by atoms with van der Waals surface area (Å²) in [7, 11) is 0. The van der Waals surface area contributed by atoms with Crippen LogP contribution in [-0.2, 0) is 14.3 Å². The number of fused-ring (bicyclic) bond motifs is 2. The molecule has 3 rings (SSSR count). The topological polar surface area (TPSA) is 63.6 Å². The van der Waals surface area contributed by atoms with Crippen LogP contribution >= 0.6 is 0 Å². The average molecular weight is 302 g/mol.